The maximum atomic E-state index is 12.4. The van der Waals surface area contributed by atoms with E-state index < -0.39 is 41.9 Å². The Morgan fingerprint density at radius 2 is 1.85 bits per heavy atom. The summed E-state index contributed by atoms with van der Waals surface area (Å²) in [5.74, 6) is -3.95. The summed E-state index contributed by atoms with van der Waals surface area (Å²) in [6.45, 7) is 0. The van der Waals surface area contributed by atoms with Crippen LogP contribution in [0.1, 0.15) is 18.5 Å². The summed E-state index contributed by atoms with van der Waals surface area (Å²) in [5, 5.41) is 22.3. The van der Waals surface area contributed by atoms with E-state index in [0.717, 1.165) is 0 Å². The number of aliphatic carboxylic acids is 2. The fraction of sp³-hybridized carbons (Fsp3) is 0.500. The predicted octanol–water partition coefficient (Wildman–Crippen LogP) is -1.87. The average molecular weight is 387 g/mol. The number of aromatic nitrogens is 2. The first-order chi connectivity index (χ1) is 12.2. The van der Waals surface area contributed by atoms with Gasteiger partial charge in [-0.15, -0.1) is 0 Å². The molecule has 0 aliphatic heterocycles. The number of nitrogens with two attached hydrogens (primary N) is 1. The molecule has 1 heterocycles. The van der Waals surface area contributed by atoms with Gasteiger partial charge in [-0.05, 0) is 6.42 Å². The summed E-state index contributed by atoms with van der Waals surface area (Å²) >= 11 is 3.86. The molecule has 144 valence electrons. The number of hydrogen-bond acceptors (Lipinski definition) is 7. The number of nitrogens with zero attached hydrogens (tertiary/aromatic N) is 1. The van der Waals surface area contributed by atoms with Crippen LogP contribution in [0.3, 0.4) is 0 Å². The van der Waals surface area contributed by atoms with Crippen LogP contribution in [-0.2, 0) is 25.6 Å². The molecule has 0 saturated carbocycles. The number of hydrogen-bond donors (Lipinski definition) is 7. The molecule has 0 aliphatic carbocycles. The Labute approximate surface area is 154 Å². The topological polar surface area (TPSA) is 188 Å². The molecule has 0 aliphatic rings. The van der Waals surface area contributed by atoms with Gasteiger partial charge in [0.05, 0.1) is 12.4 Å². The first kappa shape index (κ1) is 21.4. The number of thiol groups is 1. The Hall–Kier alpha value is -2.60. The number of carbonyl (C=O) groups is 4. The Morgan fingerprint density at radius 1 is 1.19 bits per heavy atom. The number of H-pyrrole nitrogens is 1. The van der Waals surface area contributed by atoms with E-state index in [4.69, 9.17) is 15.9 Å². The molecule has 3 atom stereocenters. The van der Waals surface area contributed by atoms with Crippen molar-refractivity contribution < 1.29 is 29.4 Å². The standard InChI is InChI=1S/C14H21N5O6S/c15-8(1-2-11(20)21)12(22)18-9(3-7-4-16-6-17-7)13(23)19-10(5-26)14(24)25/h4,6,8-10,26H,1-3,5,15H2,(H,16,17)(H,18,22)(H,19,23)(H,20,21)(H,24,25). The summed E-state index contributed by atoms with van der Waals surface area (Å²) < 4.78 is 0. The van der Waals surface area contributed by atoms with Crippen LogP contribution in [0, 0.1) is 0 Å². The van der Waals surface area contributed by atoms with Crippen LogP contribution in [0.25, 0.3) is 0 Å². The van der Waals surface area contributed by atoms with Crippen molar-refractivity contribution in [2.75, 3.05) is 5.75 Å². The van der Waals surface area contributed by atoms with Gasteiger partial charge in [0.15, 0.2) is 0 Å². The summed E-state index contributed by atoms with van der Waals surface area (Å²) in [7, 11) is 0. The van der Waals surface area contributed by atoms with E-state index in [1.54, 1.807) is 0 Å². The van der Waals surface area contributed by atoms with Gasteiger partial charge in [-0.25, -0.2) is 9.78 Å². The van der Waals surface area contributed by atoms with Crippen molar-refractivity contribution in [3.05, 3.63) is 18.2 Å². The molecule has 1 aromatic heterocycles. The Kier molecular flexibility index (Phi) is 8.58. The molecule has 3 unspecified atom stereocenters. The summed E-state index contributed by atoms with van der Waals surface area (Å²) in [6.07, 6.45) is 2.45. The second-order valence-electron chi connectivity index (χ2n) is 5.46. The zero-order valence-electron chi connectivity index (χ0n) is 13.7. The second-order valence-corrected chi connectivity index (χ2v) is 5.83. The minimum absolute atomic E-state index is 0.0160. The van der Waals surface area contributed by atoms with Crippen molar-refractivity contribution in [3.8, 4) is 0 Å². The van der Waals surface area contributed by atoms with E-state index in [1.165, 1.54) is 12.5 Å². The predicted molar refractivity (Wildman–Crippen MR) is 92.5 cm³/mol. The highest BCUT2D eigenvalue weighted by atomic mass is 32.1. The first-order valence-corrected chi connectivity index (χ1v) is 8.26. The van der Waals surface area contributed by atoms with E-state index in [1.807, 2.05) is 0 Å². The van der Waals surface area contributed by atoms with Crippen molar-refractivity contribution in [2.45, 2.75) is 37.4 Å². The van der Waals surface area contributed by atoms with Crippen LogP contribution in [0.15, 0.2) is 12.5 Å². The van der Waals surface area contributed by atoms with Gasteiger partial charge >= 0.3 is 11.9 Å². The Bertz CT molecular complexity index is 638. The SMILES string of the molecule is NC(CCC(=O)O)C(=O)NC(Cc1cnc[nH]1)C(=O)NC(CS)C(=O)O. The smallest absolute Gasteiger partial charge is 0.327 e. The molecule has 1 rings (SSSR count). The highest BCUT2D eigenvalue weighted by Crippen LogP contribution is 2.02. The molecule has 26 heavy (non-hydrogen) atoms. The second kappa shape index (κ2) is 10.4. The number of aromatic amines is 1. The van der Waals surface area contributed by atoms with Gasteiger partial charge in [0.2, 0.25) is 11.8 Å². The monoisotopic (exact) mass is 387 g/mol. The highest BCUT2D eigenvalue weighted by molar-refractivity contribution is 7.80. The average Bonchev–Trinajstić information content (AvgIpc) is 3.09. The van der Waals surface area contributed by atoms with Gasteiger partial charge in [0.25, 0.3) is 0 Å². The molecule has 0 fully saturated rings. The lowest BCUT2D eigenvalue weighted by molar-refractivity contribution is -0.141. The number of rotatable bonds is 11. The van der Waals surface area contributed by atoms with Gasteiger partial charge in [-0.1, -0.05) is 0 Å². The fourth-order valence-corrected chi connectivity index (χ4v) is 2.22. The molecule has 2 amide bonds. The third-order valence-corrected chi connectivity index (χ3v) is 3.78. The molecule has 0 aromatic carbocycles. The molecule has 1 aromatic rings. The highest BCUT2D eigenvalue weighted by Gasteiger charge is 2.28. The van der Waals surface area contributed by atoms with Crippen LogP contribution in [-0.4, -0.2) is 67.8 Å². The number of nitrogens with one attached hydrogen (secondary N) is 3. The fourth-order valence-electron chi connectivity index (χ4n) is 1.97. The third-order valence-electron chi connectivity index (χ3n) is 3.42. The van der Waals surface area contributed by atoms with Crippen molar-refractivity contribution >= 4 is 36.4 Å². The van der Waals surface area contributed by atoms with Gasteiger partial charge in [0.1, 0.15) is 12.1 Å². The van der Waals surface area contributed by atoms with Crippen LogP contribution in [0.2, 0.25) is 0 Å². The van der Waals surface area contributed by atoms with Gasteiger partial charge in [0, 0.05) is 30.5 Å². The van der Waals surface area contributed by atoms with Crippen molar-refractivity contribution in [3.63, 3.8) is 0 Å². The van der Waals surface area contributed by atoms with E-state index in [0.29, 0.717) is 5.69 Å². The third kappa shape index (κ3) is 7.11. The number of carbonyl (C=O) groups excluding carboxylic acids is 2. The number of carboxylic acids is 2. The van der Waals surface area contributed by atoms with Crippen molar-refractivity contribution in [1.29, 1.82) is 0 Å². The van der Waals surface area contributed by atoms with E-state index in [2.05, 4.69) is 33.2 Å². The van der Waals surface area contributed by atoms with E-state index in [-0.39, 0.29) is 25.0 Å². The van der Waals surface area contributed by atoms with Crippen molar-refractivity contribution in [1.82, 2.24) is 20.6 Å². The summed E-state index contributed by atoms with van der Waals surface area (Å²) in [5.41, 5.74) is 6.16. The largest absolute Gasteiger partial charge is 0.481 e. The summed E-state index contributed by atoms with van der Waals surface area (Å²) in [4.78, 5) is 52.7. The molecule has 7 N–H and O–H groups in total. The van der Waals surface area contributed by atoms with Crippen LogP contribution < -0.4 is 16.4 Å². The molecular weight excluding hydrogens is 366 g/mol. The van der Waals surface area contributed by atoms with Crippen molar-refractivity contribution in [2.24, 2.45) is 5.73 Å². The number of imidazole rings is 1. The lowest BCUT2D eigenvalue weighted by atomic mass is 10.1. The quantitative estimate of drug-likeness (QED) is 0.215. The molecule has 11 nitrogen and oxygen atoms in total. The van der Waals surface area contributed by atoms with Crippen LogP contribution in [0.4, 0.5) is 0 Å². The van der Waals surface area contributed by atoms with E-state index >= 15 is 0 Å². The van der Waals surface area contributed by atoms with Crippen LogP contribution in [0.5, 0.6) is 0 Å². The maximum absolute atomic E-state index is 12.4. The molecule has 0 bridgehead atoms. The summed E-state index contributed by atoms with van der Waals surface area (Å²) in [6, 6.07) is -3.48. The van der Waals surface area contributed by atoms with Crippen LogP contribution >= 0.6 is 12.6 Å². The number of carboxylic acid groups (broad SMARTS) is 2. The lowest BCUT2D eigenvalue weighted by Gasteiger charge is -2.22. The molecule has 0 spiro atoms. The lowest BCUT2D eigenvalue weighted by Crippen LogP contribution is -2.55. The Balaban J connectivity index is 2.80. The molecular formula is C14H21N5O6S. The zero-order chi connectivity index (χ0) is 19.7. The molecule has 12 heteroatoms. The number of amides is 2. The minimum atomic E-state index is -1.27. The first-order valence-electron chi connectivity index (χ1n) is 7.63. The molecule has 0 radical (unpaired) electrons. The van der Waals surface area contributed by atoms with E-state index in [9.17, 15) is 19.2 Å². The minimum Gasteiger partial charge on any atom is -0.481 e. The molecule has 0 saturated heterocycles. The zero-order valence-corrected chi connectivity index (χ0v) is 14.6. The van der Waals surface area contributed by atoms with Gasteiger partial charge in [-0.3, -0.25) is 14.4 Å². The van der Waals surface area contributed by atoms with Gasteiger partial charge < -0.3 is 31.6 Å². The normalized spacial score (nSPS) is 14.1. The Morgan fingerprint density at radius 3 is 2.35 bits per heavy atom. The maximum Gasteiger partial charge on any atom is 0.327 e. The van der Waals surface area contributed by atoms with Gasteiger partial charge in [-0.2, -0.15) is 12.6 Å².